The lowest BCUT2D eigenvalue weighted by molar-refractivity contribution is 0.435. The summed E-state index contributed by atoms with van der Waals surface area (Å²) in [4.78, 5) is 5.19. The number of hydrogen-bond donors (Lipinski definition) is 1. The molecule has 0 saturated carbocycles. The van der Waals surface area contributed by atoms with Gasteiger partial charge in [-0.2, -0.15) is 0 Å². The van der Waals surface area contributed by atoms with Crippen LogP contribution in [0.1, 0.15) is 23.9 Å². The van der Waals surface area contributed by atoms with Gasteiger partial charge in [-0.1, -0.05) is 18.5 Å². The van der Waals surface area contributed by atoms with Crippen LogP contribution >= 0.6 is 11.3 Å². The van der Waals surface area contributed by atoms with Gasteiger partial charge in [0.2, 0.25) is 0 Å². The molecule has 0 aromatic carbocycles. The fourth-order valence-corrected chi connectivity index (χ4v) is 2.26. The lowest BCUT2D eigenvalue weighted by Gasteiger charge is -1.96. The van der Waals surface area contributed by atoms with Crippen LogP contribution in [0.25, 0.3) is 10.6 Å². The minimum absolute atomic E-state index is 0.498. The maximum Gasteiger partial charge on any atom is 0.183 e. The SMILES string of the molecule is CCCc1c(N)noc1-c1cnc(C)s1. The van der Waals surface area contributed by atoms with Gasteiger partial charge in [0, 0.05) is 11.8 Å². The highest BCUT2D eigenvalue weighted by Gasteiger charge is 2.16. The van der Waals surface area contributed by atoms with Gasteiger partial charge in [0.15, 0.2) is 11.6 Å². The highest BCUT2D eigenvalue weighted by Crippen LogP contribution is 2.32. The van der Waals surface area contributed by atoms with Gasteiger partial charge < -0.3 is 10.3 Å². The van der Waals surface area contributed by atoms with E-state index in [-0.39, 0.29) is 0 Å². The highest BCUT2D eigenvalue weighted by molar-refractivity contribution is 7.15. The molecule has 0 atom stereocenters. The van der Waals surface area contributed by atoms with Crippen LogP contribution in [0.4, 0.5) is 5.82 Å². The lowest BCUT2D eigenvalue weighted by Crippen LogP contribution is -1.91. The molecule has 2 N–H and O–H groups in total. The van der Waals surface area contributed by atoms with Gasteiger partial charge in [-0.05, 0) is 13.3 Å². The molecule has 0 bridgehead atoms. The summed E-state index contributed by atoms with van der Waals surface area (Å²) in [6.45, 7) is 4.07. The molecule has 80 valence electrons. The minimum Gasteiger partial charge on any atom is -0.381 e. The Balaban J connectivity index is 2.43. The average molecular weight is 223 g/mol. The molecule has 0 aliphatic rings. The fraction of sp³-hybridized carbons (Fsp3) is 0.400. The first-order chi connectivity index (χ1) is 7.22. The second-order valence-electron chi connectivity index (χ2n) is 3.37. The van der Waals surface area contributed by atoms with Crippen LogP contribution in [0, 0.1) is 6.92 Å². The third kappa shape index (κ3) is 1.87. The molecule has 0 unspecified atom stereocenters. The molecule has 2 aromatic rings. The number of anilines is 1. The summed E-state index contributed by atoms with van der Waals surface area (Å²) < 4.78 is 5.24. The molecule has 2 heterocycles. The Bertz CT molecular complexity index is 461. The molecule has 0 saturated heterocycles. The van der Waals surface area contributed by atoms with E-state index in [1.165, 1.54) is 0 Å². The molecule has 0 radical (unpaired) electrons. The molecule has 2 aromatic heterocycles. The Morgan fingerprint density at radius 3 is 2.93 bits per heavy atom. The van der Waals surface area contributed by atoms with Gasteiger partial charge in [-0.25, -0.2) is 4.98 Å². The maximum absolute atomic E-state index is 5.75. The maximum atomic E-state index is 5.75. The number of aromatic nitrogens is 2. The van der Waals surface area contributed by atoms with Crippen LogP contribution in [0.15, 0.2) is 10.7 Å². The van der Waals surface area contributed by atoms with E-state index in [0.29, 0.717) is 5.82 Å². The summed E-state index contributed by atoms with van der Waals surface area (Å²) in [6, 6.07) is 0. The number of thiazole rings is 1. The van der Waals surface area contributed by atoms with Crippen molar-refractivity contribution in [3.63, 3.8) is 0 Å². The van der Waals surface area contributed by atoms with Crippen molar-refractivity contribution in [2.75, 3.05) is 5.73 Å². The smallest absolute Gasteiger partial charge is 0.183 e. The quantitative estimate of drug-likeness (QED) is 0.868. The molecule has 0 aliphatic carbocycles. The van der Waals surface area contributed by atoms with Crippen LogP contribution in [0.2, 0.25) is 0 Å². The summed E-state index contributed by atoms with van der Waals surface area (Å²) in [6.07, 6.45) is 3.72. The Morgan fingerprint density at radius 2 is 2.33 bits per heavy atom. The first-order valence-corrected chi connectivity index (χ1v) is 5.70. The van der Waals surface area contributed by atoms with Crippen LogP contribution in [0.5, 0.6) is 0 Å². The number of hydrogen-bond acceptors (Lipinski definition) is 5. The number of nitrogen functional groups attached to an aromatic ring is 1. The van der Waals surface area contributed by atoms with Crippen molar-refractivity contribution >= 4 is 17.2 Å². The number of aryl methyl sites for hydroxylation is 1. The predicted molar refractivity (Wildman–Crippen MR) is 60.8 cm³/mol. The van der Waals surface area contributed by atoms with Gasteiger partial charge in [0.25, 0.3) is 0 Å². The van der Waals surface area contributed by atoms with Crippen molar-refractivity contribution in [1.29, 1.82) is 0 Å². The van der Waals surface area contributed by atoms with Gasteiger partial charge in [-0.3, -0.25) is 0 Å². The van der Waals surface area contributed by atoms with Gasteiger partial charge in [0.05, 0.1) is 9.88 Å². The van der Waals surface area contributed by atoms with Crippen molar-refractivity contribution in [2.45, 2.75) is 26.7 Å². The Labute approximate surface area is 92.1 Å². The molecule has 0 aliphatic heterocycles. The summed E-state index contributed by atoms with van der Waals surface area (Å²) >= 11 is 1.59. The monoisotopic (exact) mass is 223 g/mol. The van der Waals surface area contributed by atoms with E-state index in [0.717, 1.165) is 34.1 Å². The fourth-order valence-electron chi connectivity index (χ4n) is 1.47. The summed E-state index contributed by atoms with van der Waals surface area (Å²) in [7, 11) is 0. The van der Waals surface area contributed by atoms with E-state index < -0.39 is 0 Å². The van der Waals surface area contributed by atoms with Crippen molar-refractivity contribution < 1.29 is 4.52 Å². The molecule has 2 rings (SSSR count). The van der Waals surface area contributed by atoms with E-state index in [4.69, 9.17) is 10.3 Å². The third-order valence-corrected chi connectivity index (χ3v) is 3.08. The molecular weight excluding hydrogens is 210 g/mol. The number of nitrogens with zero attached hydrogens (tertiary/aromatic N) is 2. The second kappa shape index (κ2) is 4.02. The van der Waals surface area contributed by atoms with Crippen LogP contribution in [-0.2, 0) is 6.42 Å². The van der Waals surface area contributed by atoms with Crippen molar-refractivity contribution in [3.8, 4) is 10.6 Å². The predicted octanol–water partition coefficient (Wildman–Crippen LogP) is 2.64. The van der Waals surface area contributed by atoms with Gasteiger partial charge >= 0.3 is 0 Å². The highest BCUT2D eigenvalue weighted by atomic mass is 32.1. The second-order valence-corrected chi connectivity index (χ2v) is 4.60. The van der Waals surface area contributed by atoms with Gasteiger partial charge in [0.1, 0.15) is 0 Å². The average Bonchev–Trinajstić information content (AvgIpc) is 2.76. The van der Waals surface area contributed by atoms with Crippen molar-refractivity contribution in [3.05, 3.63) is 16.8 Å². The summed E-state index contributed by atoms with van der Waals surface area (Å²) in [5, 5.41) is 4.82. The topological polar surface area (TPSA) is 64.9 Å². The van der Waals surface area contributed by atoms with E-state index in [1.54, 1.807) is 17.5 Å². The standard InChI is InChI=1S/C10H13N3OS/c1-3-4-7-9(14-13-10(7)11)8-5-12-6(2)15-8/h5H,3-4H2,1-2H3,(H2,11,13). The van der Waals surface area contributed by atoms with Gasteiger partial charge in [-0.15, -0.1) is 11.3 Å². The van der Waals surface area contributed by atoms with Crippen molar-refractivity contribution in [1.82, 2.24) is 10.1 Å². The molecule has 0 spiro atoms. The van der Waals surface area contributed by atoms with E-state index in [1.807, 2.05) is 6.92 Å². The van der Waals surface area contributed by atoms with E-state index in [9.17, 15) is 0 Å². The zero-order chi connectivity index (χ0) is 10.8. The summed E-state index contributed by atoms with van der Waals surface area (Å²) in [5.41, 5.74) is 6.75. The zero-order valence-corrected chi connectivity index (χ0v) is 9.60. The summed E-state index contributed by atoms with van der Waals surface area (Å²) in [5.74, 6) is 1.28. The largest absolute Gasteiger partial charge is 0.381 e. The Hall–Kier alpha value is -1.36. The van der Waals surface area contributed by atoms with Crippen LogP contribution < -0.4 is 5.73 Å². The number of nitrogens with two attached hydrogens (primary N) is 1. The van der Waals surface area contributed by atoms with E-state index >= 15 is 0 Å². The lowest BCUT2D eigenvalue weighted by atomic mass is 10.1. The van der Waals surface area contributed by atoms with E-state index in [2.05, 4.69) is 17.1 Å². The third-order valence-electron chi connectivity index (χ3n) is 2.16. The molecule has 15 heavy (non-hydrogen) atoms. The molecule has 5 heteroatoms. The first-order valence-electron chi connectivity index (χ1n) is 4.89. The molecule has 0 fully saturated rings. The van der Waals surface area contributed by atoms with Crippen molar-refractivity contribution in [2.24, 2.45) is 0 Å². The normalized spacial score (nSPS) is 10.8. The minimum atomic E-state index is 0.498. The molecule has 0 amide bonds. The first kappa shape index (κ1) is 10.2. The van der Waals surface area contributed by atoms with Crippen LogP contribution in [-0.4, -0.2) is 10.1 Å². The Morgan fingerprint density at radius 1 is 1.53 bits per heavy atom. The molecule has 4 nitrogen and oxygen atoms in total. The number of rotatable bonds is 3. The molecular formula is C10H13N3OS. The Kier molecular flexibility index (Phi) is 2.73. The van der Waals surface area contributed by atoms with Crippen LogP contribution in [0.3, 0.4) is 0 Å². The zero-order valence-electron chi connectivity index (χ0n) is 8.78.